The predicted octanol–water partition coefficient (Wildman–Crippen LogP) is -0.715. The van der Waals surface area contributed by atoms with Gasteiger partial charge in [-0.1, -0.05) is 17.6 Å². The zero-order valence-corrected chi connectivity index (χ0v) is 5.74. The molecule has 1 aromatic rings. The highest BCUT2D eigenvalue weighted by molar-refractivity contribution is 6.32. The van der Waals surface area contributed by atoms with Gasteiger partial charge >= 0.3 is 0 Å². The number of rotatable bonds is 1. The number of hydrogen-bond acceptors (Lipinski definition) is 2. The molecule has 1 aromatic carbocycles. The van der Waals surface area contributed by atoms with Crippen LogP contribution in [-0.2, 0) is 0 Å². The lowest BCUT2D eigenvalue weighted by atomic mass is 9.94. The lowest BCUT2D eigenvalue weighted by molar-refractivity contribution is 0.0998. The SMILES string of the molecule is [B]c1ccc(O)c(C(N)=O)c1. The first-order valence-electron chi connectivity index (χ1n) is 2.99. The van der Waals surface area contributed by atoms with Gasteiger partial charge in [-0.05, 0) is 6.07 Å². The fourth-order valence-corrected chi connectivity index (χ4v) is 0.751. The largest absolute Gasteiger partial charge is 0.507 e. The Bertz CT molecular complexity index is 298. The van der Waals surface area contributed by atoms with Gasteiger partial charge in [0.1, 0.15) is 13.6 Å². The lowest BCUT2D eigenvalue weighted by Crippen LogP contribution is -2.14. The molecule has 0 bridgehead atoms. The summed E-state index contributed by atoms with van der Waals surface area (Å²) in [5.41, 5.74) is 5.37. The number of primary amides is 1. The third-order valence-corrected chi connectivity index (χ3v) is 1.29. The number of aromatic hydroxyl groups is 1. The molecule has 0 atom stereocenters. The van der Waals surface area contributed by atoms with Crippen LogP contribution in [0.25, 0.3) is 0 Å². The summed E-state index contributed by atoms with van der Waals surface area (Å²) in [6.07, 6.45) is 0. The van der Waals surface area contributed by atoms with Gasteiger partial charge in [0.05, 0.1) is 5.56 Å². The van der Waals surface area contributed by atoms with Crippen LogP contribution >= 0.6 is 0 Å². The van der Waals surface area contributed by atoms with Crippen molar-refractivity contribution in [2.75, 3.05) is 0 Å². The molecule has 0 saturated heterocycles. The van der Waals surface area contributed by atoms with Crippen molar-refractivity contribution in [2.45, 2.75) is 0 Å². The number of hydrogen-bond donors (Lipinski definition) is 2. The zero-order valence-electron chi connectivity index (χ0n) is 5.74. The van der Waals surface area contributed by atoms with Gasteiger partial charge in [0, 0.05) is 0 Å². The first kappa shape index (κ1) is 7.66. The molecule has 3 nitrogen and oxygen atoms in total. The Morgan fingerprint density at radius 3 is 2.64 bits per heavy atom. The minimum atomic E-state index is -0.685. The van der Waals surface area contributed by atoms with E-state index in [1.54, 1.807) is 0 Å². The van der Waals surface area contributed by atoms with E-state index in [0.717, 1.165) is 0 Å². The first-order valence-corrected chi connectivity index (χ1v) is 2.99. The highest BCUT2D eigenvalue weighted by Crippen LogP contribution is 2.12. The maximum absolute atomic E-state index is 10.6. The monoisotopic (exact) mass is 147 g/mol. The van der Waals surface area contributed by atoms with E-state index in [-0.39, 0.29) is 11.3 Å². The molecular weight excluding hydrogens is 141 g/mol. The first-order chi connectivity index (χ1) is 5.11. The van der Waals surface area contributed by atoms with E-state index in [2.05, 4.69) is 0 Å². The smallest absolute Gasteiger partial charge is 0.252 e. The molecule has 0 unspecified atom stereocenters. The normalized spacial score (nSPS) is 9.45. The second-order valence-electron chi connectivity index (χ2n) is 2.14. The topological polar surface area (TPSA) is 63.3 Å². The standard InChI is InChI=1S/C7H6BNO2/c8-4-1-2-6(10)5(3-4)7(9)11/h1-3,10H,(H2,9,11). The molecular formula is C7H6BNO2. The average Bonchev–Trinajstić information content (AvgIpc) is 1.94. The summed E-state index contributed by atoms with van der Waals surface area (Å²) in [7, 11) is 5.35. The van der Waals surface area contributed by atoms with Crippen LogP contribution < -0.4 is 11.2 Å². The molecule has 0 aliphatic heterocycles. The molecule has 0 fully saturated rings. The third kappa shape index (κ3) is 1.52. The maximum atomic E-state index is 10.6. The van der Waals surface area contributed by atoms with E-state index in [1.807, 2.05) is 0 Å². The second kappa shape index (κ2) is 2.66. The van der Waals surface area contributed by atoms with Crippen molar-refractivity contribution in [1.82, 2.24) is 0 Å². The summed E-state index contributed by atoms with van der Waals surface area (Å²) in [6, 6.07) is 4.15. The fraction of sp³-hybridized carbons (Fsp3) is 0. The molecule has 0 spiro atoms. The van der Waals surface area contributed by atoms with E-state index in [1.165, 1.54) is 18.2 Å². The quantitative estimate of drug-likeness (QED) is 0.515. The van der Waals surface area contributed by atoms with Crippen molar-refractivity contribution in [3.05, 3.63) is 23.8 Å². The lowest BCUT2D eigenvalue weighted by Gasteiger charge is -2.00. The number of carbonyl (C=O) groups is 1. The van der Waals surface area contributed by atoms with Gasteiger partial charge in [-0.15, -0.1) is 0 Å². The summed E-state index contributed by atoms with van der Waals surface area (Å²) in [4.78, 5) is 10.6. The van der Waals surface area contributed by atoms with E-state index in [0.29, 0.717) is 5.46 Å². The molecule has 0 aliphatic carbocycles. The summed E-state index contributed by atoms with van der Waals surface area (Å²) < 4.78 is 0. The number of phenols is 1. The Labute approximate surface area is 65.2 Å². The van der Waals surface area contributed by atoms with Gasteiger partial charge in [-0.3, -0.25) is 4.79 Å². The average molecular weight is 147 g/mol. The molecule has 11 heavy (non-hydrogen) atoms. The molecule has 1 rings (SSSR count). The highest BCUT2D eigenvalue weighted by Gasteiger charge is 2.05. The minimum absolute atomic E-state index is 0.0463. The minimum Gasteiger partial charge on any atom is -0.507 e. The summed E-state index contributed by atoms with van der Waals surface area (Å²) in [5.74, 6) is -0.832. The van der Waals surface area contributed by atoms with E-state index >= 15 is 0 Å². The predicted molar refractivity (Wildman–Crippen MR) is 42.0 cm³/mol. The Kier molecular flexibility index (Phi) is 1.85. The van der Waals surface area contributed by atoms with E-state index in [4.69, 9.17) is 18.7 Å². The van der Waals surface area contributed by atoms with Crippen LogP contribution in [0.4, 0.5) is 0 Å². The molecule has 0 heterocycles. The Balaban J connectivity index is 3.23. The molecule has 0 aliphatic rings. The molecule has 2 radical (unpaired) electrons. The van der Waals surface area contributed by atoms with Crippen molar-refractivity contribution < 1.29 is 9.90 Å². The molecule has 0 saturated carbocycles. The van der Waals surface area contributed by atoms with Crippen LogP contribution in [0.1, 0.15) is 10.4 Å². The molecule has 4 heteroatoms. The molecule has 1 amide bonds. The zero-order chi connectivity index (χ0) is 8.43. The third-order valence-electron chi connectivity index (χ3n) is 1.29. The number of benzene rings is 1. The van der Waals surface area contributed by atoms with Crippen LogP contribution in [0.5, 0.6) is 5.75 Å². The maximum Gasteiger partial charge on any atom is 0.252 e. The van der Waals surface area contributed by atoms with Crippen molar-refractivity contribution in [1.29, 1.82) is 0 Å². The molecule has 0 aromatic heterocycles. The van der Waals surface area contributed by atoms with Gasteiger partial charge in [0.25, 0.3) is 5.91 Å². The highest BCUT2D eigenvalue weighted by atomic mass is 16.3. The van der Waals surface area contributed by atoms with E-state index < -0.39 is 5.91 Å². The van der Waals surface area contributed by atoms with Crippen LogP contribution in [0.3, 0.4) is 0 Å². The van der Waals surface area contributed by atoms with Gasteiger partial charge in [-0.2, -0.15) is 0 Å². The van der Waals surface area contributed by atoms with Gasteiger partial charge in [-0.25, -0.2) is 0 Å². The van der Waals surface area contributed by atoms with Crippen LogP contribution in [0.2, 0.25) is 0 Å². The van der Waals surface area contributed by atoms with E-state index in [9.17, 15) is 4.79 Å². The van der Waals surface area contributed by atoms with Crippen molar-refractivity contribution in [3.63, 3.8) is 0 Å². The Hall–Kier alpha value is -1.45. The van der Waals surface area contributed by atoms with Crippen molar-refractivity contribution in [3.8, 4) is 5.75 Å². The molecule has 3 N–H and O–H groups in total. The van der Waals surface area contributed by atoms with Gasteiger partial charge in [0.2, 0.25) is 0 Å². The second-order valence-corrected chi connectivity index (χ2v) is 2.14. The molecule has 54 valence electrons. The fourth-order valence-electron chi connectivity index (χ4n) is 0.751. The number of nitrogens with two attached hydrogens (primary N) is 1. The Morgan fingerprint density at radius 2 is 2.18 bits per heavy atom. The summed E-state index contributed by atoms with van der Waals surface area (Å²) in [6.45, 7) is 0. The van der Waals surface area contributed by atoms with Crippen molar-refractivity contribution in [2.24, 2.45) is 5.73 Å². The van der Waals surface area contributed by atoms with Crippen LogP contribution in [0, 0.1) is 0 Å². The summed E-state index contributed by atoms with van der Waals surface area (Å²) in [5, 5.41) is 9.05. The summed E-state index contributed by atoms with van der Waals surface area (Å²) >= 11 is 0. The number of amides is 1. The van der Waals surface area contributed by atoms with Crippen LogP contribution in [-0.4, -0.2) is 18.9 Å². The van der Waals surface area contributed by atoms with Crippen LogP contribution in [0.15, 0.2) is 18.2 Å². The Morgan fingerprint density at radius 1 is 1.55 bits per heavy atom. The van der Waals surface area contributed by atoms with Gasteiger partial charge in [0.15, 0.2) is 0 Å². The van der Waals surface area contributed by atoms with Crippen molar-refractivity contribution >= 4 is 19.2 Å². The van der Waals surface area contributed by atoms with Gasteiger partial charge < -0.3 is 10.8 Å². The number of carbonyl (C=O) groups excluding carboxylic acids is 1.